The Morgan fingerprint density at radius 2 is 2.00 bits per heavy atom. The summed E-state index contributed by atoms with van der Waals surface area (Å²) in [4.78, 5) is 26.5. The SMILES string of the molecule is CC#CCOc1ccc2c(c1)CN(C[C@@](N)(C(N)=O)c1ccc(Br)cc1)C2=O. The zero-order chi connectivity index (χ0) is 20.3. The number of carbonyl (C=O) groups excluding carboxylic acids is 2. The Morgan fingerprint density at radius 3 is 2.64 bits per heavy atom. The molecule has 144 valence electrons. The Balaban J connectivity index is 1.83. The van der Waals surface area contributed by atoms with Crippen LogP contribution in [0.1, 0.15) is 28.4 Å². The smallest absolute Gasteiger partial charge is 0.254 e. The molecule has 1 aliphatic heterocycles. The third-order valence-electron chi connectivity index (χ3n) is 4.68. The van der Waals surface area contributed by atoms with Gasteiger partial charge < -0.3 is 21.1 Å². The maximum Gasteiger partial charge on any atom is 0.254 e. The van der Waals surface area contributed by atoms with E-state index in [0.29, 0.717) is 23.4 Å². The fourth-order valence-electron chi connectivity index (χ4n) is 3.13. The van der Waals surface area contributed by atoms with Gasteiger partial charge in [0.05, 0.1) is 6.54 Å². The van der Waals surface area contributed by atoms with E-state index in [9.17, 15) is 9.59 Å². The van der Waals surface area contributed by atoms with Crippen molar-refractivity contribution in [2.75, 3.05) is 13.2 Å². The highest BCUT2D eigenvalue weighted by Gasteiger charge is 2.40. The lowest BCUT2D eigenvalue weighted by atomic mass is 9.89. The van der Waals surface area contributed by atoms with Crippen molar-refractivity contribution < 1.29 is 14.3 Å². The van der Waals surface area contributed by atoms with Crippen molar-refractivity contribution in [2.45, 2.75) is 19.0 Å². The van der Waals surface area contributed by atoms with Crippen LogP contribution in [0.2, 0.25) is 0 Å². The second-order valence-corrected chi connectivity index (χ2v) is 7.45. The number of hydrogen-bond acceptors (Lipinski definition) is 4. The molecule has 0 spiro atoms. The highest BCUT2D eigenvalue weighted by molar-refractivity contribution is 9.10. The minimum atomic E-state index is -1.49. The van der Waals surface area contributed by atoms with Gasteiger partial charge in [-0.15, -0.1) is 5.92 Å². The third-order valence-corrected chi connectivity index (χ3v) is 5.21. The number of nitrogens with zero attached hydrogens (tertiary/aromatic N) is 1. The second kappa shape index (κ2) is 8.05. The molecular formula is C21H20BrN3O3. The number of primary amides is 1. The topological polar surface area (TPSA) is 98.7 Å². The van der Waals surface area contributed by atoms with Crippen molar-refractivity contribution in [3.8, 4) is 17.6 Å². The molecule has 0 fully saturated rings. The number of benzene rings is 2. The summed E-state index contributed by atoms with van der Waals surface area (Å²) < 4.78 is 6.41. The van der Waals surface area contributed by atoms with Gasteiger partial charge in [-0.05, 0) is 48.4 Å². The molecule has 3 rings (SSSR count). The van der Waals surface area contributed by atoms with Crippen LogP contribution in [0.15, 0.2) is 46.9 Å². The third kappa shape index (κ3) is 3.88. The molecule has 0 radical (unpaired) electrons. The zero-order valence-corrected chi connectivity index (χ0v) is 17.0. The average Bonchev–Trinajstić information content (AvgIpc) is 2.97. The quantitative estimate of drug-likeness (QED) is 0.670. The molecule has 2 aromatic rings. The highest BCUT2D eigenvalue weighted by atomic mass is 79.9. The number of carbonyl (C=O) groups is 2. The predicted octanol–water partition coefficient (Wildman–Crippen LogP) is 2.15. The molecular weight excluding hydrogens is 422 g/mol. The van der Waals surface area contributed by atoms with E-state index < -0.39 is 11.4 Å². The predicted molar refractivity (Wildman–Crippen MR) is 109 cm³/mol. The number of ether oxygens (including phenoxy) is 1. The Kier molecular flexibility index (Phi) is 5.73. The van der Waals surface area contributed by atoms with E-state index in [0.717, 1.165) is 10.0 Å². The minimum Gasteiger partial charge on any atom is -0.481 e. The molecule has 7 heteroatoms. The van der Waals surface area contributed by atoms with Crippen LogP contribution in [0, 0.1) is 11.8 Å². The van der Waals surface area contributed by atoms with Crippen molar-refractivity contribution >= 4 is 27.7 Å². The first-order valence-electron chi connectivity index (χ1n) is 8.64. The van der Waals surface area contributed by atoms with Gasteiger partial charge >= 0.3 is 0 Å². The molecule has 0 saturated carbocycles. The molecule has 0 aliphatic carbocycles. The van der Waals surface area contributed by atoms with Crippen molar-refractivity contribution in [1.29, 1.82) is 0 Å². The van der Waals surface area contributed by atoms with Crippen LogP contribution in [-0.4, -0.2) is 29.9 Å². The van der Waals surface area contributed by atoms with Crippen molar-refractivity contribution in [2.24, 2.45) is 11.5 Å². The van der Waals surface area contributed by atoms with Gasteiger partial charge in [-0.3, -0.25) is 9.59 Å². The van der Waals surface area contributed by atoms with Crippen LogP contribution in [0.5, 0.6) is 5.75 Å². The van der Waals surface area contributed by atoms with Gasteiger partial charge in [0.25, 0.3) is 5.91 Å². The Labute approximate surface area is 172 Å². The molecule has 0 aromatic heterocycles. The summed E-state index contributed by atoms with van der Waals surface area (Å²) in [6.07, 6.45) is 0. The van der Waals surface area contributed by atoms with Gasteiger partial charge in [-0.1, -0.05) is 34.0 Å². The molecule has 2 amide bonds. The molecule has 6 nitrogen and oxygen atoms in total. The summed E-state index contributed by atoms with van der Waals surface area (Å²) in [5.74, 6) is 5.34. The Morgan fingerprint density at radius 1 is 1.29 bits per heavy atom. The number of halogens is 1. The number of nitrogens with two attached hydrogens (primary N) is 2. The lowest BCUT2D eigenvalue weighted by molar-refractivity contribution is -0.124. The van der Waals surface area contributed by atoms with Crippen molar-refractivity contribution in [1.82, 2.24) is 4.90 Å². The molecule has 2 aromatic carbocycles. The van der Waals surface area contributed by atoms with Crippen LogP contribution in [0.4, 0.5) is 0 Å². The maximum absolute atomic E-state index is 12.8. The summed E-state index contributed by atoms with van der Waals surface area (Å²) in [6, 6.07) is 12.3. The molecule has 1 atom stereocenters. The van der Waals surface area contributed by atoms with E-state index in [-0.39, 0.29) is 19.1 Å². The summed E-state index contributed by atoms with van der Waals surface area (Å²) in [5.41, 5.74) is 12.4. The fraction of sp³-hybridized carbons (Fsp3) is 0.238. The standard InChI is InChI=1S/C21H20BrN3O3/c1-2-3-10-28-17-8-9-18-14(11-17)12-25(19(18)26)13-21(24,20(23)27)15-4-6-16(22)7-5-15/h4-9,11H,10,12-13,24H2,1H3,(H2,23,27)/t21-/m0/s1. The molecule has 1 heterocycles. The fourth-order valence-corrected chi connectivity index (χ4v) is 3.39. The molecule has 28 heavy (non-hydrogen) atoms. The first-order valence-corrected chi connectivity index (χ1v) is 9.44. The first-order chi connectivity index (χ1) is 13.3. The number of amides is 2. The van der Waals surface area contributed by atoms with Crippen LogP contribution < -0.4 is 16.2 Å². The van der Waals surface area contributed by atoms with Gasteiger partial charge in [-0.25, -0.2) is 0 Å². The van der Waals surface area contributed by atoms with E-state index in [1.807, 2.05) is 6.07 Å². The monoisotopic (exact) mass is 441 g/mol. The lowest BCUT2D eigenvalue weighted by Gasteiger charge is -2.31. The molecule has 0 saturated heterocycles. The second-order valence-electron chi connectivity index (χ2n) is 6.54. The lowest BCUT2D eigenvalue weighted by Crippen LogP contribution is -2.56. The minimum absolute atomic E-state index is 0.0189. The van der Waals surface area contributed by atoms with E-state index in [1.165, 1.54) is 4.90 Å². The largest absolute Gasteiger partial charge is 0.481 e. The molecule has 0 unspecified atom stereocenters. The maximum atomic E-state index is 12.8. The molecule has 4 N–H and O–H groups in total. The van der Waals surface area contributed by atoms with Gasteiger partial charge in [0.1, 0.15) is 17.9 Å². The van der Waals surface area contributed by atoms with E-state index in [2.05, 4.69) is 27.8 Å². The number of hydrogen-bond donors (Lipinski definition) is 2. The Bertz CT molecular complexity index is 979. The van der Waals surface area contributed by atoms with Gasteiger partial charge in [0.15, 0.2) is 0 Å². The van der Waals surface area contributed by atoms with Crippen LogP contribution in [0.3, 0.4) is 0 Å². The van der Waals surface area contributed by atoms with Gasteiger partial charge in [-0.2, -0.15) is 0 Å². The first kappa shape index (κ1) is 19.9. The number of fused-ring (bicyclic) bond motifs is 1. The summed E-state index contributed by atoms with van der Waals surface area (Å²) in [6.45, 7) is 2.33. The highest BCUT2D eigenvalue weighted by Crippen LogP contribution is 2.30. The van der Waals surface area contributed by atoms with Crippen molar-refractivity contribution in [3.05, 3.63) is 63.6 Å². The van der Waals surface area contributed by atoms with Crippen LogP contribution in [0.25, 0.3) is 0 Å². The average molecular weight is 442 g/mol. The van der Waals surface area contributed by atoms with E-state index in [1.54, 1.807) is 43.3 Å². The summed E-state index contributed by atoms with van der Waals surface area (Å²) in [5, 5.41) is 0. The molecule has 0 bridgehead atoms. The Hall–Kier alpha value is -2.82. The zero-order valence-electron chi connectivity index (χ0n) is 15.4. The van der Waals surface area contributed by atoms with E-state index >= 15 is 0 Å². The van der Waals surface area contributed by atoms with Gasteiger partial charge in [0, 0.05) is 16.6 Å². The molecule has 1 aliphatic rings. The normalized spacial score (nSPS) is 14.7. The summed E-state index contributed by atoms with van der Waals surface area (Å²) >= 11 is 3.35. The van der Waals surface area contributed by atoms with Crippen LogP contribution in [-0.2, 0) is 16.9 Å². The summed E-state index contributed by atoms with van der Waals surface area (Å²) in [7, 11) is 0. The van der Waals surface area contributed by atoms with Crippen molar-refractivity contribution in [3.63, 3.8) is 0 Å². The van der Waals surface area contributed by atoms with Gasteiger partial charge in [0.2, 0.25) is 5.91 Å². The number of rotatable bonds is 6. The van der Waals surface area contributed by atoms with E-state index in [4.69, 9.17) is 16.2 Å². The van der Waals surface area contributed by atoms with Crippen LogP contribution >= 0.6 is 15.9 Å².